The molecule has 1 atom stereocenters. The zero-order chi connectivity index (χ0) is 18.2. The predicted octanol–water partition coefficient (Wildman–Crippen LogP) is 5.07. The Balaban J connectivity index is 1.92. The van der Waals surface area contributed by atoms with E-state index in [-0.39, 0.29) is 10.7 Å². The average Bonchev–Trinajstić information content (AvgIpc) is 2.97. The summed E-state index contributed by atoms with van der Waals surface area (Å²) < 4.78 is 5.66. The van der Waals surface area contributed by atoms with E-state index in [0.717, 1.165) is 21.7 Å². The maximum absolute atomic E-state index is 5.87. The van der Waals surface area contributed by atoms with Crippen molar-refractivity contribution in [2.75, 3.05) is 12.0 Å². The zero-order valence-corrected chi connectivity index (χ0v) is 16.7. The van der Waals surface area contributed by atoms with Crippen molar-refractivity contribution in [2.45, 2.75) is 48.5 Å². The molecule has 3 aromatic heterocycles. The van der Waals surface area contributed by atoms with Crippen LogP contribution in [0.2, 0.25) is 0 Å². The number of furan rings is 1. The molecule has 0 fully saturated rings. The fourth-order valence-electron chi connectivity index (χ4n) is 2.55. The van der Waals surface area contributed by atoms with Crippen LogP contribution in [0.3, 0.4) is 0 Å². The van der Waals surface area contributed by atoms with Gasteiger partial charge in [0.2, 0.25) is 0 Å². The number of thioether (sulfide) groups is 2. The largest absolute Gasteiger partial charge is 0.462 e. The smallest absolute Gasteiger partial charge is 0.191 e. The minimum absolute atomic E-state index is 0.0184. The molecule has 5 nitrogen and oxygen atoms in total. The van der Waals surface area contributed by atoms with E-state index in [9.17, 15) is 0 Å². The Bertz CT molecular complexity index is 902. The number of hydrogen-bond donors (Lipinski definition) is 1. The number of nitrogens with zero attached hydrogens (tertiary/aromatic N) is 3. The molecular formula is C18H22N4OS2. The lowest BCUT2D eigenvalue weighted by atomic mass is 9.87. The van der Waals surface area contributed by atoms with Gasteiger partial charge in [0.25, 0.3) is 0 Å². The summed E-state index contributed by atoms with van der Waals surface area (Å²) in [5.74, 6) is 0.488. The van der Waals surface area contributed by atoms with Gasteiger partial charge in [-0.1, -0.05) is 32.5 Å². The Kier molecular flexibility index (Phi) is 4.97. The van der Waals surface area contributed by atoms with Crippen LogP contribution in [-0.4, -0.2) is 21.2 Å². The van der Waals surface area contributed by atoms with Crippen LogP contribution in [0.15, 0.2) is 39.2 Å². The van der Waals surface area contributed by atoms with Gasteiger partial charge < -0.3 is 10.2 Å². The first-order chi connectivity index (χ1) is 11.8. The molecule has 1 unspecified atom stereocenters. The summed E-state index contributed by atoms with van der Waals surface area (Å²) in [6, 6.07) is 3.89. The van der Waals surface area contributed by atoms with Crippen LogP contribution < -0.4 is 5.73 Å². The first kappa shape index (κ1) is 18.1. The van der Waals surface area contributed by atoms with Crippen LogP contribution in [0, 0.1) is 0 Å². The van der Waals surface area contributed by atoms with Crippen molar-refractivity contribution in [1.29, 1.82) is 0 Å². The second kappa shape index (κ2) is 6.88. The van der Waals surface area contributed by atoms with Crippen molar-refractivity contribution >= 4 is 40.3 Å². The number of rotatable bonds is 4. The second-order valence-electron chi connectivity index (χ2n) is 6.88. The van der Waals surface area contributed by atoms with Crippen LogP contribution in [0.25, 0.3) is 11.0 Å². The topological polar surface area (TPSA) is 77.8 Å². The molecule has 3 aromatic rings. The number of fused-ring (bicyclic) bond motifs is 1. The number of anilines is 1. The van der Waals surface area contributed by atoms with Crippen LogP contribution in [0.4, 0.5) is 5.82 Å². The van der Waals surface area contributed by atoms with E-state index in [2.05, 4.69) is 48.7 Å². The summed E-state index contributed by atoms with van der Waals surface area (Å²) in [7, 11) is 0. The standard InChI is InChI=1S/C18H22N4OS2/c1-10(25-17-21-15(19)7-16(22-17)24-5)13-6-11-12(18(2,3)4)9-23-14(11)8-20-13/h6-10H,1-5H3,(H2,19,21,22). The minimum Gasteiger partial charge on any atom is -0.462 e. The molecule has 132 valence electrons. The lowest BCUT2D eigenvalue weighted by molar-refractivity contribution is 0.557. The quantitative estimate of drug-likeness (QED) is 0.388. The third-order valence-corrected chi connectivity index (χ3v) is 5.52. The molecule has 0 spiro atoms. The predicted molar refractivity (Wildman–Crippen MR) is 105 cm³/mol. The van der Waals surface area contributed by atoms with Crippen molar-refractivity contribution in [3.05, 3.63) is 35.9 Å². The number of nitrogens with two attached hydrogens (primary N) is 1. The number of nitrogen functional groups attached to an aromatic ring is 1. The second-order valence-corrected chi connectivity index (χ2v) is 9.02. The molecule has 0 aliphatic carbocycles. The normalized spacial score (nSPS) is 13.3. The van der Waals surface area contributed by atoms with Crippen molar-refractivity contribution in [2.24, 2.45) is 0 Å². The maximum atomic E-state index is 5.87. The van der Waals surface area contributed by atoms with Crippen molar-refractivity contribution < 1.29 is 4.42 Å². The first-order valence-electron chi connectivity index (χ1n) is 8.01. The third-order valence-electron chi connectivity index (χ3n) is 3.90. The molecule has 7 heteroatoms. The van der Waals surface area contributed by atoms with Crippen LogP contribution in [0.1, 0.15) is 44.2 Å². The van der Waals surface area contributed by atoms with E-state index >= 15 is 0 Å². The molecule has 0 saturated carbocycles. The van der Waals surface area contributed by atoms with Crippen molar-refractivity contribution in [1.82, 2.24) is 15.0 Å². The minimum atomic E-state index is 0.0184. The molecule has 0 radical (unpaired) electrons. The molecule has 3 heterocycles. The highest BCUT2D eigenvalue weighted by molar-refractivity contribution is 7.99. The molecule has 0 aliphatic rings. The van der Waals surface area contributed by atoms with Crippen LogP contribution in [-0.2, 0) is 5.41 Å². The summed E-state index contributed by atoms with van der Waals surface area (Å²) in [5.41, 5.74) is 8.87. The van der Waals surface area contributed by atoms with Crippen LogP contribution in [0.5, 0.6) is 0 Å². The number of pyridine rings is 1. The van der Waals surface area contributed by atoms with Gasteiger partial charge >= 0.3 is 0 Å². The Hall–Kier alpha value is -1.73. The van der Waals surface area contributed by atoms with Gasteiger partial charge in [0, 0.05) is 17.0 Å². The Morgan fingerprint density at radius 2 is 1.96 bits per heavy atom. The van der Waals surface area contributed by atoms with E-state index in [1.54, 1.807) is 35.8 Å². The Morgan fingerprint density at radius 3 is 2.64 bits per heavy atom. The highest BCUT2D eigenvalue weighted by Gasteiger charge is 2.21. The van der Waals surface area contributed by atoms with E-state index in [4.69, 9.17) is 10.2 Å². The fraction of sp³-hybridized carbons (Fsp3) is 0.389. The van der Waals surface area contributed by atoms with Crippen LogP contribution >= 0.6 is 23.5 Å². The molecule has 0 aromatic carbocycles. The lowest BCUT2D eigenvalue weighted by Crippen LogP contribution is -2.10. The van der Waals surface area contributed by atoms with Gasteiger partial charge in [-0.05, 0) is 24.7 Å². The highest BCUT2D eigenvalue weighted by atomic mass is 32.2. The Labute approximate surface area is 156 Å². The van der Waals surface area contributed by atoms with Gasteiger partial charge in [-0.3, -0.25) is 4.98 Å². The molecule has 2 N–H and O–H groups in total. The van der Waals surface area contributed by atoms with Gasteiger partial charge in [-0.2, -0.15) is 0 Å². The fourth-order valence-corrected chi connectivity index (χ4v) is 3.90. The monoisotopic (exact) mass is 374 g/mol. The molecule has 25 heavy (non-hydrogen) atoms. The first-order valence-corrected chi connectivity index (χ1v) is 10.1. The molecule has 0 bridgehead atoms. The molecule has 3 rings (SSSR count). The molecule has 0 saturated heterocycles. The Morgan fingerprint density at radius 1 is 1.20 bits per heavy atom. The summed E-state index contributed by atoms with van der Waals surface area (Å²) in [5, 5.41) is 2.75. The highest BCUT2D eigenvalue weighted by Crippen LogP contribution is 2.37. The number of aromatic nitrogens is 3. The molecule has 0 aliphatic heterocycles. The van der Waals surface area contributed by atoms with Gasteiger partial charge in [-0.25, -0.2) is 9.97 Å². The van der Waals surface area contributed by atoms with E-state index in [0.29, 0.717) is 11.0 Å². The molecule has 0 amide bonds. The maximum Gasteiger partial charge on any atom is 0.191 e. The van der Waals surface area contributed by atoms with Gasteiger partial charge in [0.05, 0.1) is 23.4 Å². The summed E-state index contributed by atoms with van der Waals surface area (Å²) in [6.45, 7) is 8.64. The lowest BCUT2D eigenvalue weighted by Gasteiger charge is -2.17. The van der Waals surface area contributed by atoms with Gasteiger partial charge in [0.15, 0.2) is 10.7 Å². The zero-order valence-electron chi connectivity index (χ0n) is 15.0. The van der Waals surface area contributed by atoms with E-state index in [1.807, 2.05) is 12.5 Å². The average molecular weight is 375 g/mol. The van der Waals surface area contributed by atoms with E-state index < -0.39 is 0 Å². The number of hydrogen-bond acceptors (Lipinski definition) is 7. The summed E-state index contributed by atoms with van der Waals surface area (Å²) in [4.78, 5) is 13.4. The summed E-state index contributed by atoms with van der Waals surface area (Å²) in [6.07, 6.45) is 5.60. The van der Waals surface area contributed by atoms with Gasteiger partial charge in [0.1, 0.15) is 10.8 Å². The van der Waals surface area contributed by atoms with Crippen molar-refractivity contribution in [3.63, 3.8) is 0 Å². The van der Waals surface area contributed by atoms with E-state index in [1.165, 1.54) is 5.56 Å². The molecular weight excluding hydrogens is 352 g/mol. The third kappa shape index (κ3) is 3.93. The SMILES string of the molecule is CSc1cc(N)nc(SC(C)c2cc3c(C(C)(C)C)coc3cn2)n1. The van der Waals surface area contributed by atoms with Crippen molar-refractivity contribution in [3.8, 4) is 0 Å². The summed E-state index contributed by atoms with van der Waals surface area (Å²) >= 11 is 3.11. The van der Waals surface area contributed by atoms with Gasteiger partial charge in [-0.15, -0.1) is 11.8 Å².